The molecule has 0 aliphatic carbocycles. The smallest absolute Gasteiger partial charge is 0.260 e. The van der Waals surface area contributed by atoms with E-state index in [0.717, 1.165) is 78.8 Å². The summed E-state index contributed by atoms with van der Waals surface area (Å²) >= 11 is 0. The molecule has 2 aromatic heterocycles. The summed E-state index contributed by atoms with van der Waals surface area (Å²) in [6, 6.07) is 54.6. The molecule has 0 saturated carbocycles. The average molecular weight is 683 g/mol. The molecule has 0 radical (unpaired) electrons. The number of hydrogen-bond acceptors (Lipinski definition) is 5. The Bertz CT molecular complexity index is 2680. The molecular formula is C47H31BN2O3. The first-order valence-electron chi connectivity index (χ1n) is 17.7. The zero-order valence-electron chi connectivity index (χ0n) is 28.9. The van der Waals surface area contributed by atoms with E-state index < -0.39 is 0 Å². The Morgan fingerprint density at radius 1 is 0.434 bits per heavy atom. The number of rotatable bonds is 6. The minimum atomic E-state index is -0.113. The van der Waals surface area contributed by atoms with E-state index in [2.05, 4.69) is 126 Å². The maximum Gasteiger partial charge on any atom is 0.260 e. The molecule has 2 aliphatic heterocycles. The minimum absolute atomic E-state index is 0.113. The third-order valence-electron chi connectivity index (χ3n) is 10.3. The molecule has 0 amide bonds. The van der Waals surface area contributed by atoms with Gasteiger partial charge in [-0.3, -0.25) is 9.97 Å². The fourth-order valence-corrected chi connectivity index (χ4v) is 7.76. The van der Waals surface area contributed by atoms with Crippen molar-refractivity contribution in [3.8, 4) is 84.6 Å². The van der Waals surface area contributed by atoms with Crippen LogP contribution in [0.5, 0.6) is 28.7 Å². The number of nitrogens with zero attached hydrogens (tertiary/aromatic N) is 2. The summed E-state index contributed by atoms with van der Waals surface area (Å²) in [5, 5.41) is 0. The van der Waals surface area contributed by atoms with Crippen molar-refractivity contribution in [1.29, 1.82) is 0 Å². The Balaban J connectivity index is 1.08. The molecule has 6 aromatic carbocycles. The molecule has 8 aromatic rings. The Kier molecular flexibility index (Phi) is 7.39. The van der Waals surface area contributed by atoms with E-state index in [0.29, 0.717) is 0 Å². The zero-order chi connectivity index (χ0) is 35.3. The van der Waals surface area contributed by atoms with E-state index in [1.165, 1.54) is 22.3 Å². The van der Waals surface area contributed by atoms with Crippen molar-refractivity contribution in [2.75, 3.05) is 7.11 Å². The lowest BCUT2D eigenvalue weighted by molar-refractivity contribution is 0.414. The summed E-state index contributed by atoms with van der Waals surface area (Å²) in [5.41, 5.74) is 13.9. The molecule has 0 unspecified atom stereocenters. The second-order valence-corrected chi connectivity index (χ2v) is 13.3. The molecule has 53 heavy (non-hydrogen) atoms. The first-order chi connectivity index (χ1) is 26.2. The molecule has 0 atom stereocenters. The Hall–Kier alpha value is -6.92. The van der Waals surface area contributed by atoms with Gasteiger partial charge >= 0.3 is 0 Å². The first-order valence-corrected chi connectivity index (χ1v) is 17.7. The van der Waals surface area contributed by atoms with Crippen LogP contribution in [0.15, 0.2) is 170 Å². The largest absolute Gasteiger partial charge is 0.497 e. The normalized spacial score (nSPS) is 12.1. The third-order valence-corrected chi connectivity index (χ3v) is 10.3. The zero-order valence-corrected chi connectivity index (χ0v) is 28.9. The summed E-state index contributed by atoms with van der Waals surface area (Å²) in [4.78, 5) is 9.56. The van der Waals surface area contributed by atoms with Crippen LogP contribution >= 0.6 is 0 Å². The van der Waals surface area contributed by atoms with E-state index in [1.807, 2.05) is 42.6 Å². The van der Waals surface area contributed by atoms with Crippen molar-refractivity contribution in [1.82, 2.24) is 9.97 Å². The lowest BCUT2D eigenvalue weighted by Crippen LogP contribution is -2.57. The van der Waals surface area contributed by atoms with Crippen LogP contribution in [0.3, 0.4) is 0 Å². The maximum absolute atomic E-state index is 6.55. The highest BCUT2D eigenvalue weighted by Gasteiger charge is 2.40. The molecule has 0 spiro atoms. The predicted octanol–water partition coefficient (Wildman–Crippen LogP) is 9.55. The van der Waals surface area contributed by atoms with E-state index >= 15 is 0 Å². The highest BCUT2D eigenvalue weighted by molar-refractivity contribution is 6.98. The molecule has 6 heteroatoms. The fourth-order valence-electron chi connectivity index (χ4n) is 7.76. The Morgan fingerprint density at radius 2 is 0.981 bits per heavy atom. The standard InChI is InChI=1S/C47H31BN2O3/c1-51-34-23-25-50-42(29-34)33-19-21-44-40(27-33)48-39-26-32(18-20-43(39)52-45-16-9-17-46(53-44)47(45)48)41-28-31(22-24-49-41)36-13-6-8-15-38(36)37-14-7-5-12-35(37)30-10-3-2-4-11-30/h2-29H,1H3. The van der Waals surface area contributed by atoms with Gasteiger partial charge in [-0.05, 0) is 104 Å². The van der Waals surface area contributed by atoms with Gasteiger partial charge in [-0.25, -0.2) is 0 Å². The molecular weight excluding hydrogens is 651 g/mol. The number of benzene rings is 6. The lowest BCUT2D eigenvalue weighted by atomic mass is 9.34. The van der Waals surface area contributed by atoms with Gasteiger partial charge in [-0.15, -0.1) is 0 Å². The topological polar surface area (TPSA) is 53.5 Å². The van der Waals surface area contributed by atoms with Crippen LogP contribution in [0.4, 0.5) is 0 Å². The molecule has 2 aliphatic rings. The number of hydrogen-bond donors (Lipinski definition) is 0. The van der Waals surface area contributed by atoms with Gasteiger partial charge in [-0.2, -0.15) is 0 Å². The summed E-state index contributed by atoms with van der Waals surface area (Å²) in [7, 11) is 1.67. The molecule has 250 valence electrons. The van der Waals surface area contributed by atoms with Crippen LogP contribution in [-0.2, 0) is 0 Å². The van der Waals surface area contributed by atoms with Gasteiger partial charge in [0.15, 0.2) is 0 Å². The Labute approximate surface area is 308 Å². The molecule has 10 rings (SSSR count). The molecule has 0 fully saturated rings. The van der Waals surface area contributed by atoms with Gasteiger partial charge in [0, 0.05) is 29.5 Å². The molecule has 0 saturated heterocycles. The molecule has 0 N–H and O–H groups in total. The second-order valence-electron chi connectivity index (χ2n) is 13.3. The number of aromatic nitrogens is 2. The van der Waals surface area contributed by atoms with Gasteiger partial charge in [0.25, 0.3) is 6.71 Å². The molecule has 4 heterocycles. The lowest BCUT2D eigenvalue weighted by Gasteiger charge is -2.33. The SMILES string of the molecule is COc1ccnc(-c2ccc3c(c2)B2c4cc(-c5cc(-c6ccccc6-c6ccccc6-c6ccccc6)ccn5)ccc4Oc4cccc(c42)O3)c1. The highest BCUT2D eigenvalue weighted by Crippen LogP contribution is 2.40. The summed E-state index contributed by atoms with van der Waals surface area (Å²) in [6.07, 6.45) is 3.68. The van der Waals surface area contributed by atoms with Crippen LogP contribution in [-0.4, -0.2) is 23.8 Å². The summed E-state index contributed by atoms with van der Waals surface area (Å²) in [6.45, 7) is -0.113. The van der Waals surface area contributed by atoms with Crippen molar-refractivity contribution in [3.05, 3.63) is 170 Å². The van der Waals surface area contributed by atoms with E-state index in [1.54, 1.807) is 13.3 Å². The van der Waals surface area contributed by atoms with E-state index in [4.69, 9.17) is 19.2 Å². The number of pyridine rings is 2. The summed E-state index contributed by atoms with van der Waals surface area (Å²) in [5.74, 6) is 4.00. The van der Waals surface area contributed by atoms with Crippen molar-refractivity contribution in [2.45, 2.75) is 0 Å². The first kappa shape index (κ1) is 30.9. The third kappa shape index (κ3) is 5.35. The van der Waals surface area contributed by atoms with Crippen molar-refractivity contribution in [3.63, 3.8) is 0 Å². The van der Waals surface area contributed by atoms with Crippen LogP contribution in [0.1, 0.15) is 0 Å². The quantitative estimate of drug-likeness (QED) is 0.164. The highest BCUT2D eigenvalue weighted by atomic mass is 16.5. The van der Waals surface area contributed by atoms with Crippen LogP contribution in [0.2, 0.25) is 0 Å². The van der Waals surface area contributed by atoms with Crippen LogP contribution in [0, 0.1) is 0 Å². The van der Waals surface area contributed by atoms with E-state index in [-0.39, 0.29) is 6.71 Å². The van der Waals surface area contributed by atoms with Gasteiger partial charge in [0.05, 0.1) is 18.5 Å². The van der Waals surface area contributed by atoms with Gasteiger partial charge in [0.2, 0.25) is 0 Å². The fraction of sp³-hybridized carbons (Fsp3) is 0.0213. The monoisotopic (exact) mass is 682 g/mol. The Morgan fingerprint density at radius 3 is 1.60 bits per heavy atom. The van der Waals surface area contributed by atoms with Crippen molar-refractivity contribution < 1.29 is 14.2 Å². The van der Waals surface area contributed by atoms with Crippen LogP contribution < -0.4 is 30.6 Å². The molecule has 0 bridgehead atoms. The van der Waals surface area contributed by atoms with Crippen LogP contribution in [0.25, 0.3) is 55.9 Å². The number of fused-ring (bicyclic) bond motifs is 4. The second kappa shape index (κ2) is 12.7. The maximum atomic E-state index is 6.55. The van der Waals surface area contributed by atoms with Gasteiger partial charge < -0.3 is 14.2 Å². The summed E-state index contributed by atoms with van der Waals surface area (Å²) < 4.78 is 18.6. The average Bonchev–Trinajstić information content (AvgIpc) is 3.23. The van der Waals surface area contributed by atoms with Gasteiger partial charge in [0.1, 0.15) is 28.7 Å². The number of methoxy groups -OCH3 is 1. The van der Waals surface area contributed by atoms with Crippen molar-refractivity contribution >= 4 is 23.1 Å². The van der Waals surface area contributed by atoms with E-state index in [9.17, 15) is 0 Å². The predicted molar refractivity (Wildman–Crippen MR) is 213 cm³/mol. The molecule has 5 nitrogen and oxygen atoms in total. The van der Waals surface area contributed by atoms with Crippen molar-refractivity contribution in [2.24, 2.45) is 0 Å². The van der Waals surface area contributed by atoms with Gasteiger partial charge in [-0.1, -0.05) is 97.1 Å². The number of ether oxygens (including phenoxy) is 3. The minimum Gasteiger partial charge on any atom is -0.497 e.